The first kappa shape index (κ1) is 21.8. The zero-order chi connectivity index (χ0) is 25.1. The third-order valence-corrected chi connectivity index (χ3v) is 7.48. The van der Waals surface area contributed by atoms with Crippen LogP contribution in [-0.2, 0) is 5.41 Å². The van der Waals surface area contributed by atoms with Gasteiger partial charge in [0.15, 0.2) is 0 Å². The lowest BCUT2D eigenvalue weighted by Crippen LogP contribution is -2.10. The van der Waals surface area contributed by atoms with Gasteiger partial charge in [0.2, 0.25) is 0 Å². The molecule has 0 aliphatic rings. The number of fused-ring (bicyclic) bond motifs is 6. The van der Waals surface area contributed by atoms with Gasteiger partial charge in [-0.25, -0.2) is 0 Å². The molecule has 0 N–H and O–H groups in total. The molecule has 0 saturated carbocycles. The first-order chi connectivity index (χ1) is 18.0. The molecule has 7 rings (SSSR count). The molecule has 37 heavy (non-hydrogen) atoms. The van der Waals surface area contributed by atoms with Gasteiger partial charge >= 0.3 is 0 Å². The number of aromatic nitrogens is 1. The zero-order valence-electron chi connectivity index (χ0n) is 21.2. The number of hydrogen-bond acceptors (Lipinski definition) is 2. The second kappa shape index (κ2) is 8.04. The average molecular weight is 478 g/mol. The highest BCUT2D eigenvalue weighted by molar-refractivity contribution is 6.17. The molecule has 2 nitrogen and oxygen atoms in total. The van der Waals surface area contributed by atoms with Crippen LogP contribution in [0.1, 0.15) is 26.3 Å². The van der Waals surface area contributed by atoms with E-state index in [1.165, 1.54) is 32.7 Å². The average Bonchev–Trinajstić information content (AvgIpc) is 3.29. The van der Waals surface area contributed by atoms with Crippen LogP contribution in [-0.4, -0.2) is 4.98 Å². The molecule has 0 unspecified atom stereocenters. The molecule has 2 aromatic heterocycles. The quantitative estimate of drug-likeness (QED) is 0.232. The lowest BCUT2D eigenvalue weighted by atomic mass is 9.86. The number of hydrogen-bond donors (Lipinski definition) is 0. The molecule has 178 valence electrons. The maximum atomic E-state index is 6.55. The van der Waals surface area contributed by atoms with Crippen LogP contribution in [0.4, 0.5) is 0 Å². The molecule has 2 heteroatoms. The molecule has 0 bridgehead atoms. The van der Waals surface area contributed by atoms with E-state index in [1.807, 2.05) is 6.20 Å². The van der Waals surface area contributed by atoms with Gasteiger partial charge in [-0.2, -0.15) is 0 Å². The number of nitrogens with zero attached hydrogens (tertiary/aromatic N) is 1. The summed E-state index contributed by atoms with van der Waals surface area (Å²) in [6.45, 7) is 6.73. The van der Waals surface area contributed by atoms with Crippen LogP contribution >= 0.6 is 0 Å². The standard InChI is InChI=1S/C35H27NO/c1-35(2,3)26-15-13-22(14-16-26)24-17-18-36-32(20-24)29-10-6-9-28-31-19-25-12-11-23-7-4-5-8-27(23)30(25)21-33(31)37-34(28)29/h4-21H,1-3H3. The van der Waals surface area contributed by atoms with Crippen molar-refractivity contribution in [2.75, 3.05) is 0 Å². The predicted molar refractivity (Wildman–Crippen MR) is 156 cm³/mol. The molecular formula is C35H27NO. The van der Waals surface area contributed by atoms with Crippen LogP contribution in [0, 0.1) is 0 Å². The maximum absolute atomic E-state index is 6.55. The smallest absolute Gasteiger partial charge is 0.144 e. The Kier molecular flexibility index (Phi) is 4.74. The summed E-state index contributed by atoms with van der Waals surface area (Å²) in [5.74, 6) is 0. The number of rotatable bonds is 2. The summed E-state index contributed by atoms with van der Waals surface area (Å²) in [6, 6.07) is 36.8. The van der Waals surface area contributed by atoms with Gasteiger partial charge < -0.3 is 4.42 Å². The SMILES string of the molecule is CC(C)(C)c1ccc(-c2ccnc(-c3cccc4c3oc3cc5c(ccc6ccccc65)cc34)c2)cc1. The highest BCUT2D eigenvalue weighted by atomic mass is 16.3. The first-order valence-electron chi connectivity index (χ1n) is 12.8. The number of furan rings is 1. The molecule has 0 fully saturated rings. The van der Waals surface area contributed by atoms with Crippen molar-refractivity contribution in [1.29, 1.82) is 0 Å². The number of para-hydroxylation sites is 1. The Morgan fingerprint density at radius 3 is 2.22 bits per heavy atom. The summed E-state index contributed by atoms with van der Waals surface area (Å²) >= 11 is 0. The number of pyridine rings is 1. The zero-order valence-corrected chi connectivity index (χ0v) is 21.2. The van der Waals surface area contributed by atoms with Crippen LogP contribution < -0.4 is 0 Å². The third-order valence-electron chi connectivity index (χ3n) is 7.48. The Labute approximate surface area is 216 Å². The Hall–Kier alpha value is -4.43. The van der Waals surface area contributed by atoms with Crippen LogP contribution in [0.3, 0.4) is 0 Å². The van der Waals surface area contributed by atoms with Crippen molar-refractivity contribution in [2.45, 2.75) is 26.2 Å². The molecule has 0 aliphatic heterocycles. The van der Waals surface area contributed by atoms with Gasteiger partial charge in [-0.15, -0.1) is 0 Å². The number of benzene rings is 5. The Balaban J connectivity index is 1.38. The van der Waals surface area contributed by atoms with E-state index in [0.29, 0.717) is 0 Å². The minimum atomic E-state index is 0.135. The van der Waals surface area contributed by atoms with Crippen molar-refractivity contribution >= 4 is 43.5 Å². The van der Waals surface area contributed by atoms with Crippen molar-refractivity contribution in [3.63, 3.8) is 0 Å². The summed E-state index contributed by atoms with van der Waals surface area (Å²) in [5.41, 5.74) is 7.51. The fourth-order valence-electron chi connectivity index (χ4n) is 5.42. The van der Waals surface area contributed by atoms with Crippen LogP contribution in [0.5, 0.6) is 0 Å². The van der Waals surface area contributed by atoms with Gasteiger partial charge in [-0.3, -0.25) is 4.98 Å². The molecule has 0 radical (unpaired) electrons. The van der Waals surface area contributed by atoms with Gasteiger partial charge in [0.1, 0.15) is 11.2 Å². The monoisotopic (exact) mass is 477 g/mol. The van der Waals surface area contributed by atoms with E-state index in [2.05, 4.69) is 124 Å². The van der Waals surface area contributed by atoms with E-state index in [1.54, 1.807) is 0 Å². The van der Waals surface area contributed by atoms with E-state index in [9.17, 15) is 0 Å². The van der Waals surface area contributed by atoms with Gasteiger partial charge in [-0.05, 0) is 74.0 Å². The topological polar surface area (TPSA) is 26.0 Å². The molecule has 7 aromatic rings. The Bertz CT molecular complexity index is 1950. The Morgan fingerprint density at radius 2 is 1.38 bits per heavy atom. The highest BCUT2D eigenvalue weighted by Crippen LogP contribution is 2.39. The predicted octanol–water partition coefficient (Wildman–Crippen LogP) is 9.92. The van der Waals surface area contributed by atoms with E-state index < -0.39 is 0 Å². The summed E-state index contributed by atoms with van der Waals surface area (Å²) in [6.07, 6.45) is 1.89. The lowest BCUT2D eigenvalue weighted by molar-refractivity contribution is 0.590. The second-order valence-corrected chi connectivity index (χ2v) is 10.9. The van der Waals surface area contributed by atoms with Crippen LogP contribution in [0.15, 0.2) is 114 Å². The first-order valence-corrected chi connectivity index (χ1v) is 12.8. The van der Waals surface area contributed by atoms with Crippen molar-refractivity contribution in [2.24, 2.45) is 0 Å². The normalized spacial score (nSPS) is 12.2. The van der Waals surface area contributed by atoms with Crippen LogP contribution in [0.2, 0.25) is 0 Å². The largest absolute Gasteiger partial charge is 0.455 e. The highest BCUT2D eigenvalue weighted by Gasteiger charge is 2.16. The van der Waals surface area contributed by atoms with Gasteiger partial charge in [-0.1, -0.05) is 93.6 Å². The summed E-state index contributed by atoms with van der Waals surface area (Å²) in [4.78, 5) is 4.75. The van der Waals surface area contributed by atoms with E-state index in [-0.39, 0.29) is 5.41 Å². The molecule has 0 spiro atoms. The van der Waals surface area contributed by atoms with Gasteiger partial charge in [0.05, 0.1) is 5.69 Å². The molecule has 0 saturated heterocycles. The van der Waals surface area contributed by atoms with E-state index in [0.717, 1.165) is 38.8 Å². The minimum absolute atomic E-state index is 0.135. The van der Waals surface area contributed by atoms with Crippen molar-refractivity contribution in [1.82, 2.24) is 4.98 Å². The molecular weight excluding hydrogens is 450 g/mol. The lowest BCUT2D eigenvalue weighted by Gasteiger charge is -2.19. The minimum Gasteiger partial charge on any atom is -0.455 e. The van der Waals surface area contributed by atoms with E-state index in [4.69, 9.17) is 9.40 Å². The molecule has 0 aliphatic carbocycles. The van der Waals surface area contributed by atoms with E-state index >= 15 is 0 Å². The summed E-state index contributed by atoms with van der Waals surface area (Å²) in [7, 11) is 0. The second-order valence-electron chi connectivity index (χ2n) is 10.9. The fraction of sp³-hybridized carbons (Fsp3) is 0.114. The summed E-state index contributed by atoms with van der Waals surface area (Å²) < 4.78 is 6.55. The van der Waals surface area contributed by atoms with Crippen molar-refractivity contribution < 1.29 is 4.42 Å². The summed E-state index contributed by atoms with van der Waals surface area (Å²) in [5, 5.41) is 7.16. The maximum Gasteiger partial charge on any atom is 0.144 e. The van der Waals surface area contributed by atoms with Crippen molar-refractivity contribution in [3.05, 3.63) is 115 Å². The van der Waals surface area contributed by atoms with Crippen molar-refractivity contribution in [3.8, 4) is 22.4 Å². The molecule has 0 amide bonds. The van der Waals surface area contributed by atoms with Gasteiger partial charge in [0, 0.05) is 22.5 Å². The third kappa shape index (κ3) is 3.60. The Morgan fingerprint density at radius 1 is 0.595 bits per heavy atom. The molecule has 2 heterocycles. The molecule has 0 atom stereocenters. The van der Waals surface area contributed by atoms with Gasteiger partial charge in [0.25, 0.3) is 0 Å². The van der Waals surface area contributed by atoms with Crippen LogP contribution in [0.25, 0.3) is 65.9 Å². The fourth-order valence-corrected chi connectivity index (χ4v) is 5.42. The molecule has 5 aromatic carbocycles.